The molecule has 78 valence electrons. The van der Waals surface area contributed by atoms with Gasteiger partial charge in [-0.2, -0.15) is 0 Å². The zero-order valence-electron chi connectivity index (χ0n) is 7.39. The average molecular weight is 213 g/mol. The highest BCUT2D eigenvalue weighted by molar-refractivity contribution is 5.54. The number of nitrogens with one attached hydrogen (secondary N) is 2. The van der Waals surface area contributed by atoms with Crippen molar-refractivity contribution < 1.29 is 13.2 Å². The van der Waals surface area contributed by atoms with E-state index in [1.54, 1.807) is 0 Å². The van der Waals surface area contributed by atoms with E-state index in [2.05, 4.69) is 15.3 Å². The number of aromatic amines is 1. The minimum Gasteiger partial charge on any atom is -0.331 e. The van der Waals surface area contributed by atoms with Gasteiger partial charge in [-0.15, -0.1) is 0 Å². The molecule has 0 radical (unpaired) electrons. The van der Waals surface area contributed by atoms with Crippen LogP contribution >= 0.6 is 0 Å². The lowest BCUT2D eigenvalue weighted by atomic mass is 10.3. The number of anilines is 2. The zero-order chi connectivity index (χ0) is 10.8. The van der Waals surface area contributed by atoms with Crippen LogP contribution in [0.15, 0.2) is 24.5 Å². The van der Waals surface area contributed by atoms with Gasteiger partial charge >= 0.3 is 0 Å². The largest absolute Gasteiger partial charge is 0.331 e. The third kappa shape index (κ3) is 1.93. The third-order valence-corrected chi connectivity index (χ3v) is 1.76. The molecule has 1 aromatic heterocycles. The van der Waals surface area contributed by atoms with Crippen molar-refractivity contribution in [1.29, 1.82) is 0 Å². The first-order valence-corrected chi connectivity index (χ1v) is 4.08. The molecule has 0 atom stereocenters. The second-order valence-electron chi connectivity index (χ2n) is 2.81. The molecule has 2 rings (SSSR count). The summed E-state index contributed by atoms with van der Waals surface area (Å²) < 4.78 is 38.5. The molecule has 3 nitrogen and oxygen atoms in total. The van der Waals surface area contributed by atoms with Gasteiger partial charge in [-0.1, -0.05) is 0 Å². The van der Waals surface area contributed by atoms with Crippen molar-refractivity contribution in [2.45, 2.75) is 0 Å². The summed E-state index contributed by atoms with van der Waals surface area (Å²) in [5.74, 6) is -2.98. The van der Waals surface area contributed by atoms with E-state index in [4.69, 9.17) is 0 Å². The first-order valence-electron chi connectivity index (χ1n) is 4.08. The Morgan fingerprint density at radius 3 is 2.47 bits per heavy atom. The summed E-state index contributed by atoms with van der Waals surface area (Å²) in [4.78, 5) is 6.40. The van der Waals surface area contributed by atoms with Gasteiger partial charge in [-0.25, -0.2) is 18.2 Å². The molecule has 0 aliphatic heterocycles. The Labute approximate surface area is 83.0 Å². The van der Waals surface area contributed by atoms with Gasteiger partial charge in [0, 0.05) is 24.5 Å². The van der Waals surface area contributed by atoms with E-state index >= 15 is 0 Å². The number of hydrogen-bond acceptors (Lipinski definition) is 2. The Morgan fingerprint density at radius 1 is 1.07 bits per heavy atom. The fourth-order valence-corrected chi connectivity index (χ4v) is 1.08. The molecule has 6 heteroatoms. The molecule has 0 saturated carbocycles. The standard InChI is InChI=1S/C9H6F3N3/c10-5-3-7(12)8(4-6(5)11)15-9-13-1-2-14-9/h1-4H,(H2,13,14,15). The quantitative estimate of drug-likeness (QED) is 0.752. The lowest BCUT2D eigenvalue weighted by Gasteiger charge is -2.04. The number of benzene rings is 1. The SMILES string of the molecule is Fc1cc(F)c(Nc2ncc[nH]2)cc1F. The van der Waals surface area contributed by atoms with Crippen LogP contribution in [0, 0.1) is 17.5 Å². The Bertz CT molecular complexity index is 468. The number of aromatic nitrogens is 2. The molecule has 0 unspecified atom stereocenters. The van der Waals surface area contributed by atoms with Gasteiger partial charge in [0.25, 0.3) is 0 Å². The maximum Gasteiger partial charge on any atom is 0.204 e. The van der Waals surface area contributed by atoms with Gasteiger partial charge in [0.2, 0.25) is 5.95 Å². The normalized spacial score (nSPS) is 10.3. The van der Waals surface area contributed by atoms with Crippen molar-refractivity contribution in [3.8, 4) is 0 Å². The van der Waals surface area contributed by atoms with Crippen molar-refractivity contribution in [2.24, 2.45) is 0 Å². The third-order valence-electron chi connectivity index (χ3n) is 1.76. The second kappa shape index (κ2) is 3.64. The van der Waals surface area contributed by atoms with Crippen LogP contribution in [0.4, 0.5) is 24.8 Å². The van der Waals surface area contributed by atoms with E-state index in [1.165, 1.54) is 12.4 Å². The molecule has 0 fully saturated rings. The number of hydrogen-bond donors (Lipinski definition) is 2. The van der Waals surface area contributed by atoms with E-state index < -0.39 is 17.5 Å². The molecule has 0 amide bonds. The molecule has 0 spiro atoms. The molecule has 0 aliphatic carbocycles. The minimum atomic E-state index is -1.22. The molecule has 15 heavy (non-hydrogen) atoms. The van der Waals surface area contributed by atoms with Crippen molar-refractivity contribution in [3.63, 3.8) is 0 Å². The lowest BCUT2D eigenvalue weighted by molar-refractivity contribution is 0.496. The van der Waals surface area contributed by atoms with Crippen molar-refractivity contribution in [3.05, 3.63) is 42.0 Å². The maximum absolute atomic E-state index is 13.1. The summed E-state index contributed by atoms with van der Waals surface area (Å²) in [6.45, 7) is 0. The molecule has 0 aliphatic rings. The summed E-state index contributed by atoms with van der Waals surface area (Å²) in [6.07, 6.45) is 2.96. The molecule has 1 aromatic carbocycles. The molecule has 0 saturated heterocycles. The first kappa shape index (κ1) is 9.57. The average Bonchev–Trinajstić information content (AvgIpc) is 2.67. The van der Waals surface area contributed by atoms with E-state index in [-0.39, 0.29) is 11.6 Å². The fourth-order valence-electron chi connectivity index (χ4n) is 1.08. The highest BCUT2D eigenvalue weighted by Gasteiger charge is 2.10. The highest BCUT2D eigenvalue weighted by Crippen LogP contribution is 2.20. The van der Waals surface area contributed by atoms with E-state index in [9.17, 15) is 13.2 Å². The van der Waals surface area contributed by atoms with Crippen LogP contribution < -0.4 is 5.32 Å². The summed E-state index contributed by atoms with van der Waals surface area (Å²) >= 11 is 0. The molecule has 1 heterocycles. The number of rotatable bonds is 2. The Morgan fingerprint density at radius 2 is 1.80 bits per heavy atom. The summed E-state index contributed by atoms with van der Waals surface area (Å²) in [7, 11) is 0. The molecule has 2 aromatic rings. The van der Waals surface area contributed by atoms with E-state index in [1.807, 2.05) is 0 Å². The van der Waals surface area contributed by atoms with Crippen molar-refractivity contribution in [2.75, 3.05) is 5.32 Å². The monoisotopic (exact) mass is 213 g/mol. The molecular weight excluding hydrogens is 207 g/mol. The van der Waals surface area contributed by atoms with Crippen LogP contribution in [-0.2, 0) is 0 Å². The Balaban J connectivity index is 2.33. The van der Waals surface area contributed by atoms with Crippen molar-refractivity contribution in [1.82, 2.24) is 9.97 Å². The first-order chi connectivity index (χ1) is 7.16. The topological polar surface area (TPSA) is 40.7 Å². The van der Waals surface area contributed by atoms with Gasteiger partial charge < -0.3 is 10.3 Å². The number of imidazole rings is 1. The van der Waals surface area contributed by atoms with Crippen LogP contribution in [0.3, 0.4) is 0 Å². The lowest BCUT2D eigenvalue weighted by Crippen LogP contribution is -1.98. The van der Waals surface area contributed by atoms with E-state index in [0.717, 1.165) is 6.07 Å². The fraction of sp³-hybridized carbons (Fsp3) is 0. The number of nitrogens with zero attached hydrogens (tertiary/aromatic N) is 1. The van der Waals surface area contributed by atoms with E-state index in [0.29, 0.717) is 6.07 Å². The van der Waals surface area contributed by atoms with Crippen LogP contribution in [-0.4, -0.2) is 9.97 Å². The van der Waals surface area contributed by atoms with Crippen LogP contribution in [0.25, 0.3) is 0 Å². The van der Waals surface area contributed by atoms with Crippen molar-refractivity contribution >= 4 is 11.6 Å². The molecule has 2 N–H and O–H groups in total. The predicted molar refractivity (Wildman–Crippen MR) is 48.2 cm³/mol. The number of H-pyrrole nitrogens is 1. The Kier molecular flexibility index (Phi) is 2.32. The zero-order valence-corrected chi connectivity index (χ0v) is 7.39. The minimum absolute atomic E-state index is 0.177. The molecular formula is C9H6F3N3. The highest BCUT2D eigenvalue weighted by atomic mass is 19.2. The summed E-state index contributed by atoms with van der Waals surface area (Å²) in [6, 6.07) is 1.20. The predicted octanol–water partition coefficient (Wildman–Crippen LogP) is 2.57. The summed E-state index contributed by atoms with van der Waals surface area (Å²) in [5, 5.41) is 2.47. The van der Waals surface area contributed by atoms with Crippen LogP contribution in [0.1, 0.15) is 0 Å². The van der Waals surface area contributed by atoms with Gasteiger partial charge in [0.15, 0.2) is 11.6 Å². The van der Waals surface area contributed by atoms with Crippen LogP contribution in [0.5, 0.6) is 0 Å². The Hall–Kier alpha value is -1.98. The smallest absolute Gasteiger partial charge is 0.204 e. The molecule has 0 bridgehead atoms. The second-order valence-corrected chi connectivity index (χ2v) is 2.81. The van der Waals surface area contributed by atoms with Gasteiger partial charge in [0.1, 0.15) is 5.82 Å². The van der Waals surface area contributed by atoms with Gasteiger partial charge in [-0.3, -0.25) is 0 Å². The van der Waals surface area contributed by atoms with Gasteiger partial charge in [-0.05, 0) is 0 Å². The van der Waals surface area contributed by atoms with Crippen LogP contribution in [0.2, 0.25) is 0 Å². The summed E-state index contributed by atoms with van der Waals surface area (Å²) in [5.41, 5.74) is -0.177. The van der Waals surface area contributed by atoms with Gasteiger partial charge in [0.05, 0.1) is 5.69 Å². The number of halogens is 3. The maximum atomic E-state index is 13.1.